The Hall–Kier alpha value is -0.470. The van der Waals surface area contributed by atoms with Gasteiger partial charge in [-0.3, -0.25) is 0 Å². The number of aryl methyl sites for hydroxylation is 1. The summed E-state index contributed by atoms with van der Waals surface area (Å²) in [6.45, 7) is 2.17. The van der Waals surface area contributed by atoms with E-state index >= 15 is 0 Å². The summed E-state index contributed by atoms with van der Waals surface area (Å²) in [5, 5.41) is 4.21. The fraction of sp³-hybridized carbons (Fsp3) is 0.571. The van der Waals surface area contributed by atoms with E-state index in [-0.39, 0.29) is 0 Å². The highest BCUT2D eigenvalue weighted by Gasteiger charge is 2.20. The van der Waals surface area contributed by atoms with Gasteiger partial charge in [0.1, 0.15) is 0 Å². The van der Waals surface area contributed by atoms with Gasteiger partial charge in [0, 0.05) is 16.2 Å². The molecule has 2 rings (SSSR count). The van der Waals surface area contributed by atoms with Gasteiger partial charge in [-0.1, -0.05) is 17.7 Å². The lowest BCUT2D eigenvalue weighted by molar-refractivity contribution is 0.401. The second kappa shape index (κ2) is 5.74. The first kappa shape index (κ1) is 12.0. The van der Waals surface area contributed by atoms with Crippen LogP contribution in [0.15, 0.2) is 29.2 Å². The van der Waals surface area contributed by atoms with Gasteiger partial charge in [-0.05, 0) is 51.8 Å². The minimum atomic E-state index is 0.759. The third-order valence-electron chi connectivity index (χ3n) is 3.37. The number of benzene rings is 1. The minimum Gasteiger partial charge on any atom is -0.317 e. The maximum Gasteiger partial charge on any atom is 0.00955 e. The van der Waals surface area contributed by atoms with Crippen LogP contribution in [0.4, 0.5) is 0 Å². The van der Waals surface area contributed by atoms with E-state index in [0.717, 1.165) is 11.3 Å². The van der Waals surface area contributed by atoms with Crippen molar-refractivity contribution in [1.82, 2.24) is 5.32 Å². The second-order valence-electron chi connectivity index (χ2n) is 4.70. The molecule has 0 saturated heterocycles. The first-order valence-electron chi connectivity index (χ1n) is 6.18. The average Bonchev–Trinajstić information content (AvgIpc) is 2.30. The zero-order valence-corrected chi connectivity index (χ0v) is 11.0. The summed E-state index contributed by atoms with van der Waals surface area (Å²) in [6.07, 6.45) is 5.37. The zero-order chi connectivity index (χ0) is 11.4. The lowest BCUT2D eigenvalue weighted by Crippen LogP contribution is -2.30. The molecule has 0 radical (unpaired) electrons. The first-order chi connectivity index (χ1) is 7.78. The average molecular weight is 235 g/mol. The summed E-state index contributed by atoms with van der Waals surface area (Å²) in [6, 6.07) is 9.63. The predicted octanol–water partition coefficient (Wildman–Crippen LogP) is 3.62. The van der Waals surface area contributed by atoms with Crippen LogP contribution in [-0.4, -0.2) is 18.3 Å². The SMILES string of the molecule is CNC1CCC(Sc2cccc(C)c2)CC1. The van der Waals surface area contributed by atoms with E-state index in [2.05, 4.69) is 55.3 Å². The van der Waals surface area contributed by atoms with E-state index in [0.29, 0.717) is 0 Å². The monoisotopic (exact) mass is 235 g/mol. The van der Waals surface area contributed by atoms with Crippen LogP contribution in [0.25, 0.3) is 0 Å². The standard InChI is InChI=1S/C14H21NS/c1-11-4-3-5-14(10-11)16-13-8-6-12(15-2)7-9-13/h3-5,10,12-13,15H,6-9H2,1-2H3. The molecule has 1 saturated carbocycles. The predicted molar refractivity (Wildman–Crippen MR) is 72.1 cm³/mol. The largest absolute Gasteiger partial charge is 0.317 e. The van der Waals surface area contributed by atoms with Gasteiger partial charge in [-0.2, -0.15) is 0 Å². The Labute approximate surface area is 103 Å². The van der Waals surface area contributed by atoms with Crippen LogP contribution in [0.3, 0.4) is 0 Å². The van der Waals surface area contributed by atoms with Crippen LogP contribution in [0.1, 0.15) is 31.2 Å². The fourth-order valence-corrected chi connectivity index (χ4v) is 3.65. The van der Waals surface area contributed by atoms with E-state index < -0.39 is 0 Å². The lowest BCUT2D eigenvalue weighted by Gasteiger charge is -2.27. The van der Waals surface area contributed by atoms with E-state index in [1.54, 1.807) is 0 Å². The molecule has 2 heteroatoms. The number of hydrogen-bond donors (Lipinski definition) is 1. The van der Waals surface area contributed by atoms with Crippen molar-refractivity contribution in [3.8, 4) is 0 Å². The van der Waals surface area contributed by atoms with Gasteiger partial charge in [0.15, 0.2) is 0 Å². The van der Waals surface area contributed by atoms with Gasteiger partial charge in [-0.15, -0.1) is 11.8 Å². The van der Waals surface area contributed by atoms with Gasteiger partial charge in [0.2, 0.25) is 0 Å². The normalized spacial score (nSPS) is 25.6. The molecule has 0 heterocycles. The summed E-state index contributed by atoms with van der Waals surface area (Å²) < 4.78 is 0. The molecule has 1 aliphatic carbocycles. The Bertz CT molecular complexity index is 329. The summed E-state index contributed by atoms with van der Waals surface area (Å²) in [7, 11) is 2.08. The molecule has 88 valence electrons. The molecule has 16 heavy (non-hydrogen) atoms. The van der Waals surface area contributed by atoms with Gasteiger partial charge in [0.05, 0.1) is 0 Å². The van der Waals surface area contributed by atoms with Crippen molar-refractivity contribution < 1.29 is 0 Å². The van der Waals surface area contributed by atoms with Crippen LogP contribution in [0.5, 0.6) is 0 Å². The topological polar surface area (TPSA) is 12.0 Å². The van der Waals surface area contributed by atoms with Crippen molar-refractivity contribution in [2.45, 2.75) is 48.8 Å². The number of nitrogens with one attached hydrogen (secondary N) is 1. The highest BCUT2D eigenvalue weighted by atomic mass is 32.2. The number of thioether (sulfide) groups is 1. The smallest absolute Gasteiger partial charge is 0.00955 e. The van der Waals surface area contributed by atoms with E-state index in [9.17, 15) is 0 Å². The summed E-state index contributed by atoms with van der Waals surface area (Å²) in [5.74, 6) is 0. The van der Waals surface area contributed by atoms with Gasteiger partial charge in [-0.25, -0.2) is 0 Å². The van der Waals surface area contributed by atoms with Gasteiger partial charge in [0.25, 0.3) is 0 Å². The molecule has 1 aromatic carbocycles. The number of rotatable bonds is 3. The van der Waals surface area contributed by atoms with Crippen LogP contribution in [0.2, 0.25) is 0 Å². The molecule has 0 amide bonds. The Kier molecular flexibility index (Phi) is 4.30. The molecule has 0 aromatic heterocycles. The summed E-state index contributed by atoms with van der Waals surface area (Å²) in [4.78, 5) is 1.44. The van der Waals surface area contributed by atoms with E-state index in [1.807, 2.05) is 0 Å². The highest BCUT2D eigenvalue weighted by molar-refractivity contribution is 8.00. The zero-order valence-electron chi connectivity index (χ0n) is 10.2. The molecule has 1 fully saturated rings. The highest BCUT2D eigenvalue weighted by Crippen LogP contribution is 2.33. The molecule has 1 aliphatic rings. The molecule has 0 bridgehead atoms. The molecule has 1 aromatic rings. The lowest BCUT2D eigenvalue weighted by atomic mass is 9.95. The van der Waals surface area contributed by atoms with E-state index in [1.165, 1.54) is 36.1 Å². The van der Waals surface area contributed by atoms with Crippen LogP contribution >= 0.6 is 11.8 Å². The second-order valence-corrected chi connectivity index (χ2v) is 6.07. The van der Waals surface area contributed by atoms with Crippen molar-refractivity contribution in [3.63, 3.8) is 0 Å². The Morgan fingerprint density at radius 1 is 1.19 bits per heavy atom. The third kappa shape index (κ3) is 3.26. The molecule has 1 N–H and O–H groups in total. The molecule has 1 nitrogen and oxygen atoms in total. The molecule has 0 spiro atoms. The fourth-order valence-electron chi connectivity index (χ4n) is 2.35. The molecular formula is C14H21NS. The van der Waals surface area contributed by atoms with Crippen molar-refractivity contribution in [3.05, 3.63) is 29.8 Å². The molecule has 0 unspecified atom stereocenters. The van der Waals surface area contributed by atoms with Crippen molar-refractivity contribution in [1.29, 1.82) is 0 Å². The van der Waals surface area contributed by atoms with Crippen LogP contribution in [-0.2, 0) is 0 Å². The van der Waals surface area contributed by atoms with Gasteiger partial charge >= 0.3 is 0 Å². The van der Waals surface area contributed by atoms with Crippen molar-refractivity contribution in [2.75, 3.05) is 7.05 Å². The maximum atomic E-state index is 3.39. The van der Waals surface area contributed by atoms with Crippen molar-refractivity contribution >= 4 is 11.8 Å². The summed E-state index contributed by atoms with van der Waals surface area (Å²) in [5.41, 5.74) is 1.37. The third-order valence-corrected chi connectivity index (χ3v) is 4.71. The minimum absolute atomic E-state index is 0.759. The quantitative estimate of drug-likeness (QED) is 0.859. The van der Waals surface area contributed by atoms with Gasteiger partial charge < -0.3 is 5.32 Å². The summed E-state index contributed by atoms with van der Waals surface area (Å²) >= 11 is 2.06. The molecule has 0 atom stereocenters. The maximum absolute atomic E-state index is 3.39. The molecule has 0 aliphatic heterocycles. The Morgan fingerprint density at radius 2 is 1.94 bits per heavy atom. The Morgan fingerprint density at radius 3 is 2.56 bits per heavy atom. The Balaban J connectivity index is 1.87. The van der Waals surface area contributed by atoms with Crippen LogP contribution in [0, 0.1) is 6.92 Å². The van der Waals surface area contributed by atoms with E-state index in [4.69, 9.17) is 0 Å². The number of hydrogen-bond acceptors (Lipinski definition) is 2. The molecular weight excluding hydrogens is 214 g/mol. The first-order valence-corrected chi connectivity index (χ1v) is 7.06. The van der Waals surface area contributed by atoms with Crippen molar-refractivity contribution in [2.24, 2.45) is 0 Å². The van der Waals surface area contributed by atoms with Crippen LogP contribution < -0.4 is 5.32 Å².